The maximum absolute atomic E-state index is 9.75. The normalized spacial score (nSPS) is 12.6. The van der Waals surface area contributed by atoms with E-state index in [0.717, 1.165) is 22.6 Å². The first-order valence-electron chi connectivity index (χ1n) is 4.29. The SMILES string of the molecule is CCc1nnsc1C(O)C=C(C)C. The summed E-state index contributed by atoms with van der Waals surface area (Å²) in [6, 6.07) is 0. The van der Waals surface area contributed by atoms with Crippen LogP contribution in [0.3, 0.4) is 0 Å². The molecule has 3 nitrogen and oxygen atoms in total. The Hall–Kier alpha value is -0.740. The van der Waals surface area contributed by atoms with Crippen LogP contribution in [0.4, 0.5) is 0 Å². The van der Waals surface area contributed by atoms with E-state index in [2.05, 4.69) is 9.59 Å². The standard InChI is InChI=1S/C9H14N2OS/c1-4-7-9(13-11-10-7)8(12)5-6(2)3/h5,8,12H,4H2,1-3H3. The lowest BCUT2D eigenvalue weighted by Gasteiger charge is -2.03. The Labute approximate surface area is 82.3 Å². The summed E-state index contributed by atoms with van der Waals surface area (Å²) in [5, 5.41) is 13.7. The molecule has 0 aliphatic heterocycles. The molecular weight excluding hydrogens is 184 g/mol. The van der Waals surface area contributed by atoms with Crippen molar-refractivity contribution in [3.8, 4) is 0 Å². The first kappa shape index (κ1) is 10.3. The van der Waals surface area contributed by atoms with E-state index in [1.807, 2.05) is 26.8 Å². The number of nitrogens with zero attached hydrogens (tertiary/aromatic N) is 2. The number of hydrogen-bond acceptors (Lipinski definition) is 4. The van der Waals surface area contributed by atoms with Crippen LogP contribution in [0, 0.1) is 0 Å². The number of hydrogen-bond donors (Lipinski definition) is 1. The quantitative estimate of drug-likeness (QED) is 0.756. The third kappa shape index (κ3) is 2.60. The number of allylic oxidation sites excluding steroid dienone is 1. The fraction of sp³-hybridized carbons (Fsp3) is 0.556. The molecule has 0 spiro atoms. The molecule has 1 aromatic rings. The van der Waals surface area contributed by atoms with Crippen LogP contribution in [0.2, 0.25) is 0 Å². The average molecular weight is 198 g/mol. The molecule has 72 valence electrons. The van der Waals surface area contributed by atoms with Crippen LogP contribution >= 0.6 is 11.5 Å². The van der Waals surface area contributed by atoms with Crippen molar-refractivity contribution in [2.45, 2.75) is 33.3 Å². The summed E-state index contributed by atoms with van der Waals surface area (Å²) in [6.45, 7) is 5.93. The van der Waals surface area contributed by atoms with Gasteiger partial charge < -0.3 is 5.11 Å². The van der Waals surface area contributed by atoms with E-state index in [1.165, 1.54) is 11.5 Å². The van der Waals surface area contributed by atoms with Gasteiger partial charge >= 0.3 is 0 Å². The van der Waals surface area contributed by atoms with E-state index in [-0.39, 0.29) is 0 Å². The smallest absolute Gasteiger partial charge is 0.110 e. The van der Waals surface area contributed by atoms with Crippen molar-refractivity contribution in [2.24, 2.45) is 0 Å². The molecule has 0 saturated carbocycles. The van der Waals surface area contributed by atoms with E-state index in [0.29, 0.717) is 0 Å². The van der Waals surface area contributed by atoms with E-state index in [1.54, 1.807) is 0 Å². The van der Waals surface area contributed by atoms with Crippen LogP contribution in [0.1, 0.15) is 37.4 Å². The maximum Gasteiger partial charge on any atom is 0.110 e. The van der Waals surface area contributed by atoms with Gasteiger partial charge in [-0.1, -0.05) is 23.1 Å². The number of aliphatic hydroxyl groups excluding tert-OH is 1. The topological polar surface area (TPSA) is 46.0 Å². The van der Waals surface area contributed by atoms with Crippen LogP contribution in [0.25, 0.3) is 0 Å². The van der Waals surface area contributed by atoms with E-state index < -0.39 is 6.10 Å². The molecule has 0 bridgehead atoms. The minimum atomic E-state index is -0.542. The first-order valence-corrected chi connectivity index (χ1v) is 5.06. The molecule has 4 heteroatoms. The van der Waals surface area contributed by atoms with Crippen LogP contribution in [0.15, 0.2) is 11.6 Å². The van der Waals surface area contributed by atoms with Crippen LogP contribution < -0.4 is 0 Å². The Kier molecular flexibility index (Phi) is 3.57. The van der Waals surface area contributed by atoms with E-state index in [9.17, 15) is 5.11 Å². The van der Waals surface area contributed by atoms with Crippen LogP contribution in [-0.2, 0) is 6.42 Å². The molecule has 1 aromatic heterocycles. The summed E-state index contributed by atoms with van der Waals surface area (Å²) in [5.41, 5.74) is 2.00. The predicted molar refractivity (Wildman–Crippen MR) is 53.7 cm³/mol. The number of aromatic nitrogens is 2. The molecule has 1 atom stereocenters. The lowest BCUT2D eigenvalue weighted by molar-refractivity contribution is 0.230. The third-order valence-corrected chi connectivity index (χ3v) is 2.52. The van der Waals surface area contributed by atoms with Gasteiger partial charge in [0.2, 0.25) is 0 Å². The van der Waals surface area contributed by atoms with Crippen molar-refractivity contribution in [3.05, 3.63) is 22.2 Å². The summed E-state index contributed by atoms with van der Waals surface area (Å²) in [6.07, 6.45) is 2.09. The monoisotopic (exact) mass is 198 g/mol. The maximum atomic E-state index is 9.75. The van der Waals surface area contributed by atoms with Gasteiger partial charge in [0.05, 0.1) is 10.6 Å². The molecule has 1 rings (SSSR count). The van der Waals surface area contributed by atoms with Crippen molar-refractivity contribution in [1.29, 1.82) is 0 Å². The Balaban J connectivity index is 2.88. The Morgan fingerprint density at radius 3 is 2.85 bits per heavy atom. The van der Waals surface area contributed by atoms with Crippen molar-refractivity contribution in [3.63, 3.8) is 0 Å². The summed E-state index contributed by atoms with van der Waals surface area (Å²) >= 11 is 1.27. The summed E-state index contributed by atoms with van der Waals surface area (Å²) < 4.78 is 3.82. The lowest BCUT2D eigenvalue weighted by Crippen LogP contribution is -1.95. The number of aryl methyl sites for hydroxylation is 1. The van der Waals surface area contributed by atoms with Gasteiger partial charge in [0, 0.05) is 0 Å². The van der Waals surface area contributed by atoms with Crippen molar-refractivity contribution in [2.75, 3.05) is 0 Å². The summed E-state index contributed by atoms with van der Waals surface area (Å²) in [4.78, 5) is 0.865. The fourth-order valence-electron chi connectivity index (χ4n) is 1.08. The second-order valence-electron chi connectivity index (χ2n) is 3.13. The molecule has 0 aliphatic carbocycles. The molecule has 1 unspecified atom stereocenters. The molecule has 0 amide bonds. The molecule has 13 heavy (non-hydrogen) atoms. The van der Waals surface area contributed by atoms with Crippen LogP contribution in [0.5, 0.6) is 0 Å². The van der Waals surface area contributed by atoms with Gasteiger partial charge in [-0.25, -0.2) is 0 Å². The van der Waals surface area contributed by atoms with Crippen LogP contribution in [-0.4, -0.2) is 14.7 Å². The van der Waals surface area contributed by atoms with Gasteiger partial charge in [0.25, 0.3) is 0 Å². The molecule has 0 aromatic carbocycles. The van der Waals surface area contributed by atoms with Gasteiger partial charge in [-0.2, -0.15) is 0 Å². The Bertz CT molecular complexity index is 302. The third-order valence-electron chi connectivity index (χ3n) is 1.68. The average Bonchev–Trinajstić information content (AvgIpc) is 2.49. The number of rotatable bonds is 3. The van der Waals surface area contributed by atoms with Gasteiger partial charge in [0.1, 0.15) is 6.10 Å². The highest BCUT2D eigenvalue weighted by Crippen LogP contribution is 2.22. The second kappa shape index (κ2) is 4.48. The number of aliphatic hydroxyl groups is 1. The molecule has 0 saturated heterocycles. The highest BCUT2D eigenvalue weighted by Gasteiger charge is 2.12. The Morgan fingerprint density at radius 2 is 2.31 bits per heavy atom. The zero-order chi connectivity index (χ0) is 9.84. The van der Waals surface area contributed by atoms with E-state index >= 15 is 0 Å². The summed E-state index contributed by atoms with van der Waals surface area (Å²) in [7, 11) is 0. The van der Waals surface area contributed by atoms with Gasteiger partial charge in [-0.05, 0) is 31.8 Å². The lowest BCUT2D eigenvalue weighted by atomic mass is 10.1. The molecule has 1 N–H and O–H groups in total. The molecule has 0 radical (unpaired) electrons. The zero-order valence-corrected chi connectivity index (χ0v) is 8.93. The van der Waals surface area contributed by atoms with Crippen molar-refractivity contribution in [1.82, 2.24) is 9.59 Å². The minimum absolute atomic E-state index is 0.542. The van der Waals surface area contributed by atoms with Gasteiger partial charge in [-0.3, -0.25) is 0 Å². The van der Waals surface area contributed by atoms with Crippen molar-refractivity contribution >= 4 is 11.5 Å². The highest BCUT2D eigenvalue weighted by atomic mass is 32.1. The van der Waals surface area contributed by atoms with Crippen molar-refractivity contribution < 1.29 is 5.11 Å². The summed E-state index contributed by atoms with van der Waals surface area (Å²) in [5.74, 6) is 0. The molecular formula is C9H14N2OS. The molecule has 1 heterocycles. The zero-order valence-electron chi connectivity index (χ0n) is 8.11. The fourth-order valence-corrected chi connectivity index (χ4v) is 1.77. The predicted octanol–water partition coefficient (Wildman–Crippen LogP) is 2.10. The largest absolute Gasteiger partial charge is 0.383 e. The second-order valence-corrected chi connectivity index (χ2v) is 3.91. The highest BCUT2D eigenvalue weighted by molar-refractivity contribution is 7.05. The minimum Gasteiger partial charge on any atom is -0.383 e. The van der Waals surface area contributed by atoms with Gasteiger partial charge in [0.15, 0.2) is 0 Å². The molecule has 0 fully saturated rings. The van der Waals surface area contributed by atoms with E-state index in [4.69, 9.17) is 0 Å². The molecule has 0 aliphatic rings. The first-order chi connectivity index (χ1) is 6.15. The Morgan fingerprint density at radius 1 is 1.62 bits per heavy atom. The van der Waals surface area contributed by atoms with Gasteiger partial charge in [-0.15, -0.1) is 5.10 Å².